The average molecular weight is 317 g/mol. The Morgan fingerprint density at radius 2 is 1.52 bits per heavy atom. The van der Waals surface area contributed by atoms with Crippen molar-refractivity contribution in [1.82, 2.24) is 9.97 Å². The summed E-state index contributed by atoms with van der Waals surface area (Å²) in [5.74, 6) is 0.509. The Morgan fingerprint density at radius 1 is 0.857 bits per heavy atom. The van der Waals surface area contributed by atoms with Crippen molar-refractivity contribution in [3.8, 4) is 22.6 Å². The van der Waals surface area contributed by atoms with Crippen molar-refractivity contribution in [2.45, 2.75) is 0 Å². The van der Waals surface area contributed by atoms with Gasteiger partial charge in [0, 0.05) is 27.2 Å². The first-order valence-electron chi connectivity index (χ1n) is 6.25. The molecule has 0 radical (unpaired) electrons. The Balaban J connectivity index is 2.16. The molecular weight excluding hydrogens is 307 g/mol. The summed E-state index contributed by atoms with van der Waals surface area (Å²) in [7, 11) is 0. The number of aromatic amines is 1. The van der Waals surface area contributed by atoms with E-state index in [9.17, 15) is 4.79 Å². The van der Waals surface area contributed by atoms with Crippen molar-refractivity contribution >= 4 is 23.2 Å². The van der Waals surface area contributed by atoms with Gasteiger partial charge in [-0.3, -0.25) is 4.79 Å². The van der Waals surface area contributed by atoms with Crippen LogP contribution >= 0.6 is 23.2 Å². The molecule has 0 fully saturated rings. The summed E-state index contributed by atoms with van der Waals surface area (Å²) >= 11 is 12.0. The molecule has 0 saturated carbocycles. The molecule has 0 saturated heterocycles. The van der Waals surface area contributed by atoms with Gasteiger partial charge in [0.15, 0.2) is 0 Å². The second-order valence-electron chi connectivity index (χ2n) is 4.50. The van der Waals surface area contributed by atoms with Crippen molar-refractivity contribution in [3.05, 3.63) is 75.0 Å². The predicted molar refractivity (Wildman–Crippen MR) is 85.7 cm³/mol. The molecule has 3 rings (SSSR count). The van der Waals surface area contributed by atoms with Crippen LogP contribution in [-0.2, 0) is 0 Å². The molecule has 21 heavy (non-hydrogen) atoms. The first-order chi connectivity index (χ1) is 10.1. The fraction of sp³-hybridized carbons (Fsp3) is 0. The maximum Gasteiger partial charge on any atom is 0.251 e. The first-order valence-corrected chi connectivity index (χ1v) is 7.01. The molecule has 0 amide bonds. The van der Waals surface area contributed by atoms with Gasteiger partial charge in [-0.05, 0) is 18.2 Å². The number of nitrogens with zero attached hydrogens (tertiary/aromatic N) is 1. The van der Waals surface area contributed by atoms with Crippen molar-refractivity contribution in [1.29, 1.82) is 0 Å². The molecule has 3 aromatic rings. The van der Waals surface area contributed by atoms with Crippen LogP contribution in [-0.4, -0.2) is 9.97 Å². The number of rotatable bonds is 2. The minimum Gasteiger partial charge on any atom is -0.306 e. The number of halogens is 2. The Morgan fingerprint density at radius 3 is 2.19 bits per heavy atom. The summed E-state index contributed by atoms with van der Waals surface area (Å²) in [6.45, 7) is 0. The van der Waals surface area contributed by atoms with Gasteiger partial charge in [-0.1, -0.05) is 53.5 Å². The predicted octanol–water partition coefficient (Wildman–Crippen LogP) is 4.41. The first kappa shape index (κ1) is 13.9. The minimum atomic E-state index is -0.227. The van der Waals surface area contributed by atoms with E-state index in [0.717, 1.165) is 5.56 Å². The average Bonchev–Trinajstić information content (AvgIpc) is 2.46. The fourth-order valence-corrected chi connectivity index (χ4v) is 2.57. The number of benzene rings is 2. The Bertz CT molecular complexity index is 824. The van der Waals surface area contributed by atoms with E-state index in [4.69, 9.17) is 23.2 Å². The SMILES string of the molecule is O=c1cc(-c2cc(Cl)cc(Cl)c2)nc(-c2ccccc2)[nH]1. The lowest BCUT2D eigenvalue weighted by molar-refractivity contribution is 1.13. The molecule has 0 aliphatic carbocycles. The van der Waals surface area contributed by atoms with Crippen LogP contribution < -0.4 is 5.56 Å². The fourth-order valence-electron chi connectivity index (χ4n) is 2.04. The van der Waals surface area contributed by atoms with Crippen LogP contribution in [0.15, 0.2) is 59.4 Å². The second-order valence-corrected chi connectivity index (χ2v) is 5.38. The van der Waals surface area contributed by atoms with Crippen LogP contribution in [0, 0.1) is 0 Å². The van der Waals surface area contributed by atoms with E-state index in [1.165, 1.54) is 6.07 Å². The van der Waals surface area contributed by atoms with E-state index in [1.54, 1.807) is 18.2 Å². The number of aromatic nitrogens is 2. The summed E-state index contributed by atoms with van der Waals surface area (Å²) in [6.07, 6.45) is 0. The third-order valence-corrected chi connectivity index (χ3v) is 3.38. The third kappa shape index (κ3) is 3.15. The zero-order valence-corrected chi connectivity index (χ0v) is 12.3. The molecule has 1 heterocycles. The standard InChI is InChI=1S/C16H10Cl2N2O/c17-12-6-11(7-13(18)8-12)14-9-15(21)20-16(19-14)10-4-2-1-3-5-10/h1-9H,(H,19,20,21). The molecule has 0 bridgehead atoms. The van der Waals surface area contributed by atoms with Gasteiger partial charge in [0.2, 0.25) is 0 Å². The Hall–Kier alpha value is -2.10. The molecule has 2 aromatic carbocycles. The van der Waals surface area contributed by atoms with Crippen molar-refractivity contribution < 1.29 is 0 Å². The van der Waals surface area contributed by atoms with Crippen LogP contribution in [0.2, 0.25) is 10.0 Å². The summed E-state index contributed by atoms with van der Waals surface area (Å²) in [6, 6.07) is 16.0. The highest BCUT2D eigenvalue weighted by molar-refractivity contribution is 6.35. The van der Waals surface area contributed by atoms with E-state index >= 15 is 0 Å². The van der Waals surface area contributed by atoms with E-state index in [2.05, 4.69) is 9.97 Å². The van der Waals surface area contributed by atoms with Gasteiger partial charge >= 0.3 is 0 Å². The van der Waals surface area contributed by atoms with Gasteiger partial charge in [0.05, 0.1) is 5.69 Å². The van der Waals surface area contributed by atoms with Gasteiger partial charge in [0.25, 0.3) is 5.56 Å². The monoisotopic (exact) mass is 316 g/mol. The highest BCUT2D eigenvalue weighted by Crippen LogP contribution is 2.26. The van der Waals surface area contributed by atoms with Gasteiger partial charge in [-0.15, -0.1) is 0 Å². The van der Waals surface area contributed by atoms with E-state index in [-0.39, 0.29) is 5.56 Å². The highest BCUT2D eigenvalue weighted by atomic mass is 35.5. The molecule has 3 nitrogen and oxygen atoms in total. The molecule has 1 N–H and O–H groups in total. The zero-order valence-electron chi connectivity index (χ0n) is 10.8. The van der Waals surface area contributed by atoms with Gasteiger partial charge in [-0.2, -0.15) is 0 Å². The number of hydrogen-bond acceptors (Lipinski definition) is 2. The number of hydrogen-bond donors (Lipinski definition) is 1. The molecule has 0 unspecified atom stereocenters. The van der Waals surface area contributed by atoms with Crippen LogP contribution in [0.1, 0.15) is 0 Å². The van der Waals surface area contributed by atoms with Gasteiger partial charge < -0.3 is 4.98 Å². The van der Waals surface area contributed by atoms with E-state index < -0.39 is 0 Å². The quantitative estimate of drug-likeness (QED) is 0.761. The van der Waals surface area contributed by atoms with Crippen LogP contribution in [0.4, 0.5) is 0 Å². The molecular formula is C16H10Cl2N2O. The van der Waals surface area contributed by atoms with E-state index in [1.807, 2.05) is 30.3 Å². The van der Waals surface area contributed by atoms with Crippen LogP contribution in [0.25, 0.3) is 22.6 Å². The Kier molecular flexibility index (Phi) is 3.78. The Labute approximate surface area is 131 Å². The largest absolute Gasteiger partial charge is 0.306 e. The van der Waals surface area contributed by atoms with Gasteiger partial charge in [-0.25, -0.2) is 4.98 Å². The number of H-pyrrole nitrogens is 1. The number of nitrogens with one attached hydrogen (secondary N) is 1. The van der Waals surface area contributed by atoms with E-state index in [0.29, 0.717) is 27.1 Å². The molecule has 0 atom stereocenters. The normalized spacial score (nSPS) is 10.6. The lowest BCUT2D eigenvalue weighted by Gasteiger charge is -2.06. The summed E-state index contributed by atoms with van der Waals surface area (Å²) < 4.78 is 0. The highest BCUT2D eigenvalue weighted by Gasteiger charge is 2.07. The van der Waals surface area contributed by atoms with Crippen LogP contribution in [0.3, 0.4) is 0 Å². The molecule has 0 spiro atoms. The molecule has 104 valence electrons. The van der Waals surface area contributed by atoms with Crippen molar-refractivity contribution in [2.24, 2.45) is 0 Å². The van der Waals surface area contributed by atoms with Crippen LogP contribution in [0.5, 0.6) is 0 Å². The summed E-state index contributed by atoms with van der Waals surface area (Å²) in [4.78, 5) is 19.1. The summed E-state index contributed by atoms with van der Waals surface area (Å²) in [5.41, 5.74) is 1.84. The van der Waals surface area contributed by atoms with Crippen molar-refractivity contribution in [3.63, 3.8) is 0 Å². The maximum atomic E-state index is 11.9. The second kappa shape index (κ2) is 5.72. The summed E-state index contributed by atoms with van der Waals surface area (Å²) in [5, 5.41) is 1.00. The third-order valence-electron chi connectivity index (χ3n) is 2.95. The molecule has 0 aliphatic heterocycles. The minimum absolute atomic E-state index is 0.227. The molecule has 0 aliphatic rings. The smallest absolute Gasteiger partial charge is 0.251 e. The lowest BCUT2D eigenvalue weighted by atomic mass is 10.1. The maximum absolute atomic E-state index is 11.9. The lowest BCUT2D eigenvalue weighted by Crippen LogP contribution is -2.08. The molecule has 5 heteroatoms. The topological polar surface area (TPSA) is 45.8 Å². The zero-order chi connectivity index (χ0) is 14.8. The van der Waals surface area contributed by atoms with Gasteiger partial charge in [0.1, 0.15) is 5.82 Å². The molecule has 1 aromatic heterocycles. The van der Waals surface area contributed by atoms with Crippen molar-refractivity contribution in [2.75, 3.05) is 0 Å².